The van der Waals surface area contributed by atoms with Crippen molar-refractivity contribution in [1.82, 2.24) is 4.90 Å². The summed E-state index contributed by atoms with van der Waals surface area (Å²) in [4.78, 5) is 26.6. The van der Waals surface area contributed by atoms with Crippen LogP contribution in [0.25, 0.3) is 0 Å². The number of sulfonamides is 1. The Morgan fingerprint density at radius 3 is 2.35 bits per heavy atom. The molecule has 0 saturated carbocycles. The van der Waals surface area contributed by atoms with Crippen LogP contribution in [0.1, 0.15) is 31.9 Å². The number of hydrogen-bond acceptors (Lipinski definition) is 7. The number of anilines is 1. The Hall–Kier alpha value is -3.48. The van der Waals surface area contributed by atoms with E-state index in [2.05, 4.69) is 0 Å². The van der Waals surface area contributed by atoms with Crippen LogP contribution < -0.4 is 9.04 Å². The molecule has 2 amide bonds. The van der Waals surface area contributed by atoms with Crippen molar-refractivity contribution in [1.29, 1.82) is 0 Å². The summed E-state index contributed by atoms with van der Waals surface area (Å²) in [6, 6.07) is 11.9. The minimum Gasteiger partial charge on any atom is -0.497 e. The molecule has 1 unspecified atom stereocenters. The number of amides is 2. The van der Waals surface area contributed by atoms with E-state index < -0.39 is 43.3 Å². The van der Waals surface area contributed by atoms with Gasteiger partial charge in [-0.2, -0.15) is 25.9 Å². The van der Waals surface area contributed by atoms with Crippen LogP contribution in [0.4, 0.5) is 28.4 Å². The molecule has 1 aliphatic rings. The third-order valence-electron chi connectivity index (χ3n) is 5.57. The normalized spacial score (nSPS) is 18.1. The van der Waals surface area contributed by atoms with E-state index in [-0.39, 0.29) is 31.2 Å². The third kappa shape index (κ3) is 5.92. The number of alkyl halides is 3. The van der Waals surface area contributed by atoms with E-state index in [1.807, 2.05) is 0 Å². The number of rotatable bonds is 8. The number of benzene rings is 2. The molecule has 2 aromatic rings. The summed E-state index contributed by atoms with van der Waals surface area (Å²) in [6.07, 6.45) is -2.47. The van der Waals surface area contributed by atoms with Gasteiger partial charge in [0.15, 0.2) is 5.60 Å². The summed E-state index contributed by atoms with van der Waals surface area (Å²) in [6.45, 7) is 4.33. The second-order valence-corrected chi connectivity index (χ2v) is 10.8. The van der Waals surface area contributed by atoms with Gasteiger partial charge in [-0.05, 0) is 42.2 Å². The van der Waals surface area contributed by atoms with Crippen molar-refractivity contribution in [2.45, 2.75) is 38.4 Å². The number of hydrogen-bond donors (Lipinski definition) is 0. The van der Waals surface area contributed by atoms with Gasteiger partial charge in [0.2, 0.25) is 0 Å². The molecule has 0 N–H and O–H groups in total. The maximum Gasteiger partial charge on any atom is 0.517 e. The van der Waals surface area contributed by atoms with E-state index >= 15 is 0 Å². The maximum atomic E-state index is 13.5. The van der Waals surface area contributed by atoms with E-state index in [0.29, 0.717) is 11.3 Å². The Morgan fingerprint density at radius 2 is 1.78 bits per heavy atom. The fraction of sp³-hybridized carbons (Fsp3) is 0.417. The molecule has 9 nitrogen and oxygen atoms in total. The number of carbonyl (C=O) groups excluding carboxylic acids is 2. The number of carbonyl (C=O) groups is 2. The van der Waals surface area contributed by atoms with E-state index in [4.69, 9.17) is 14.2 Å². The average molecular weight is 545 g/mol. The van der Waals surface area contributed by atoms with Crippen molar-refractivity contribution in [3.05, 3.63) is 59.7 Å². The van der Waals surface area contributed by atoms with E-state index in [1.54, 1.807) is 45.0 Å². The van der Waals surface area contributed by atoms with Gasteiger partial charge in [0.1, 0.15) is 5.75 Å². The molecular formula is C24H27F3N2O7S. The Labute approximate surface area is 212 Å². The van der Waals surface area contributed by atoms with Crippen LogP contribution in [0.5, 0.6) is 5.75 Å². The molecule has 3 rings (SSSR count). The molecule has 0 aromatic heterocycles. The van der Waals surface area contributed by atoms with Gasteiger partial charge in [-0.1, -0.05) is 44.2 Å². The second-order valence-electron chi connectivity index (χ2n) is 9.00. The SMILES string of the molecule is COc1ccc(C2(C)CN(Cc3ccccc3N(C(=O)OCC(C)C)S(=O)(=O)C(F)(F)F)C(=O)O2)cc1. The van der Waals surface area contributed by atoms with Gasteiger partial charge in [0.05, 0.1) is 32.5 Å². The van der Waals surface area contributed by atoms with Gasteiger partial charge in [-0.3, -0.25) is 4.90 Å². The monoisotopic (exact) mass is 544 g/mol. The Morgan fingerprint density at radius 1 is 1.16 bits per heavy atom. The van der Waals surface area contributed by atoms with Crippen molar-refractivity contribution in [2.24, 2.45) is 5.92 Å². The number of ether oxygens (including phenoxy) is 3. The lowest BCUT2D eigenvalue weighted by Gasteiger charge is -2.26. The summed E-state index contributed by atoms with van der Waals surface area (Å²) in [5.74, 6) is 0.336. The first-order valence-corrected chi connectivity index (χ1v) is 12.6. The predicted octanol–water partition coefficient (Wildman–Crippen LogP) is 5.01. The van der Waals surface area contributed by atoms with Crippen LogP contribution in [-0.4, -0.2) is 51.3 Å². The zero-order valence-electron chi connectivity index (χ0n) is 20.6. The highest BCUT2D eigenvalue weighted by atomic mass is 32.2. The first-order chi connectivity index (χ1) is 17.2. The lowest BCUT2D eigenvalue weighted by atomic mass is 9.96. The molecule has 37 heavy (non-hydrogen) atoms. The number of nitrogens with zero attached hydrogens (tertiary/aromatic N) is 2. The van der Waals surface area contributed by atoms with Crippen LogP contribution in [0.15, 0.2) is 48.5 Å². The van der Waals surface area contributed by atoms with Crippen LogP contribution in [0, 0.1) is 5.92 Å². The van der Waals surface area contributed by atoms with E-state index in [9.17, 15) is 31.2 Å². The van der Waals surface area contributed by atoms with Gasteiger partial charge in [0.25, 0.3) is 0 Å². The van der Waals surface area contributed by atoms with E-state index in [1.165, 1.54) is 30.2 Å². The standard InChI is InChI=1S/C24H27F3N2O7S/c1-16(2)14-35-22(31)29(37(32,33)24(25,26)27)20-8-6-5-7-17(20)13-28-15-23(3,36-21(28)30)18-9-11-19(34-4)12-10-18/h5-12,16H,13-15H2,1-4H3. The molecule has 0 bridgehead atoms. The quantitative estimate of drug-likeness (QED) is 0.460. The van der Waals surface area contributed by atoms with Gasteiger partial charge in [-0.15, -0.1) is 0 Å². The second kappa shape index (κ2) is 10.5. The maximum absolute atomic E-state index is 13.5. The summed E-state index contributed by atoms with van der Waals surface area (Å²) in [5.41, 5.74) is -6.84. The molecule has 1 saturated heterocycles. The molecule has 1 heterocycles. The first-order valence-electron chi connectivity index (χ1n) is 11.2. The van der Waals surface area contributed by atoms with Crippen molar-refractivity contribution >= 4 is 27.9 Å². The highest BCUT2D eigenvalue weighted by molar-refractivity contribution is 7.94. The molecule has 0 spiro atoms. The Bertz CT molecular complexity index is 1250. The molecule has 1 aliphatic heterocycles. The van der Waals surface area contributed by atoms with Gasteiger partial charge >= 0.3 is 27.7 Å². The topological polar surface area (TPSA) is 102 Å². The number of methoxy groups -OCH3 is 1. The Balaban J connectivity index is 1.96. The van der Waals surface area contributed by atoms with Crippen molar-refractivity contribution < 1.29 is 45.4 Å². The van der Waals surface area contributed by atoms with Gasteiger partial charge < -0.3 is 14.2 Å². The smallest absolute Gasteiger partial charge is 0.497 e. The van der Waals surface area contributed by atoms with Gasteiger partial charge in [0, 0.05) is 0 Å². The predicted molar refractivity (Wildman–Crippen MR) is 127 cm³/mol. The number of para-hydroxylation sites is 1. The first kappa shape index (κ1) is 28.1. The zero-order chi connectivity index (χ0) is 27.6. The number of halogens is 3. The molecule has 1 atom stereocenters. The highest BCUT2D eigenvalue weighted by Crippen LogP contribution is 2.37. The van der Waals surface area contributed by atoms with E-state index in [0.717, 1.165) is 6.07 Å². The fourth-order valence-corrected chi connectivity index (χ4v) is 4.60. The molecule has 0 radical (unpaired) electrons. The van der Waals surface area contributed by atoms with Crippen molar-refractivity contribution in [3.8, 4) is 5.75 Å². The lowest BCUT2D eigenvalue weighted by molar-refractivity contribution is -0.0438. The molecular weight excluding hydrogens is 517 g/mol. The summed E-state index contributed by atoms with van der Waals surface area (Å²) >= 11 is 0. The van der Waals surface area contributed by atoms with Crippen LogP contribution >= 0.6 is 0 Å². The van der Waals surface area contributed by atoms with Gasteiger partial charge in [-0.25, -0.2) is 9.59 Å². The number of cyclic esters (lactones) is 1. The highest BCUT2D eigenvalue weighted by Gasteiger charge is 2.54. The lowest BCUT2D eigenvalue weighted by Crippen LogP contribution is -2.45. The van der Waals surface area contributed by atoms with Crippen molar-refractivity contribution in [3.63, 3.8) is 0 Å². The molecule has 0 aliphatic carbocycles. The van der Waals surface area contributed by atoms with Crippen LogP contribution in [0.3, 0.4) is 0 Å². The minimum atomic E-state index is -6.17. The molecule has 202 valence electrons. The van der Waals surface area contributed by atoms with Crippen molar-refractivity contribution in [2.75, 3.05) is 24.6 Å². The minimum absolute atomic E-state index is 0.0102. The third-order valence-corrected chi connectivity index (χ3v) is 6.99. The Kier molecular flexibility index (Phi) is 7.96. The molecule has 13 heteroatoms. The summed E-state index contributed by atoms with van der Waals surface area (Å²) < 4.78 is 80.6. The summed E-state index contributed by atoms with van der Waals surface area (Å²) in [7, 11) is -4.66. The zero-order valence-corrected chi connectivity index (χ0v) is 21.4. The van der Waals surface area contributed by atoms with Crippen LogP contribution in [-0.2, 0) is 31.6 Å². The molecule has 2 aromatic carbocycles. The largest absolute Gasteiger partial charge is 0.517 e. The molecule has 1 fully saturated rings. The van der Waals surface area contributed by atoms with Crippen LogP contribution in [0.2, 0.25) is 0 Å². The summed E-state index contributed by atoms with van der Waals surface area (Å²) in [5, 5.41) is 0. The fourth-order valence-electron chi connectivity index (χ4n) is 3.71. The average Bonchev–Trinajstić information content (AvgIpc) is 3.12.